The number of hydrogen-bond acceptors (Lipinski definition) is 4. The smallest absolute Gasteiger partial charge is 0.191 e. The number of guanidine groups is 1. The first-order valence-electron chi connectivity index (χ1n) is 8.77. The molecule has 1 aliphatic heterocycles. The lowest BCUT2D eigenvalue weighted by molar-refractivity contribution is 0.0376. The van der Waals surface area contributed by atoms with Crippen LogP contribution in [0.2, 0.25) is 0 Å². The number of nitrogens with zero attached hydrogens (tertiary/aromatic N) is 2. The highest BCUT2D eigenvalue weighted by molar-refractivity contribution is 5.79. The Labute approximate surface area is 145 Å². The summed E-state index contributed by atoms with van der Waals surface area (Å²) in [6, 6.07) is 8.02. The van der Waals surface area contributed by atoms with Crippen molar-refractivity contribution in [3.05, 3.63) is 29.8 Å². The van der Waals surface area contributed by atoms with E-state index in [1.807, 2.05) is 18.2 Å². The van der Waals surface area contributed by atoms with E-state index in [4.69, 9.17) is 9.47 Å². The van der Waals surface area contributed by atoms with E-state index in [-0.39, 0.29) is 0 Å². The average Bonchev–Trinajstić information content (AvgIpc) is 2.64. The van der Waals surface area contributed by atoms with Gasteiger partial charge in [-0.3, -0.25) is 4.90 Å². The van der Waals surface area contributed by atoms with Crippen molar-refractivity contribution in [2.24, 2.45) is 4.99 Å². The van der Waals surface area contributed by atoms with Crippen LogP contribution in [-0.4, -0.2) is 63.9 Å². The van der Waals surface area contributed by atoms with Gasteiger partial charge in [0.15, 0.2) is 5.96 Å². The summed E-state index contributed by atoms with van der Waals surface area (Å²) >= 11 is 0. The van der Waals surface area contributed by atoms with Crippen molar-refractivity contribution in [1.82, 2.24) is 15.5 Å². The van der Waals surface area contributed by atoms with E-state index in [0.29, 0.717) is 6.54 Å². The summed E-state index contributed by atoms with van der Waals surface area (Å²) in [5.74, 6) is 1.73. The number of nitrogens with one attached hydrogen (secondary N) is 2. The van der Waals surface area contributed by atoms with Crippen molar-refractivity contribution in [2.75, 3.05) is 53.0 Å². The zero-order valence-corrected chi connectivity index (χ0v) is 14.9. The van der Waals surface area contributed by atoms with Crippen molar-refractivity contribution in [2.45, 2.75) is 19.9 Å². The van der Waals surface area contributed by atoms with Crippen LogP contribution in [0, 0.1) is 0 Å². The van der Waals surface area contributed by atoms with E-state index in [1.165, 1.54) is 0 Å². The maximum atomic E-state index is 5.37. The summed E-state index contributed by atoms with van der Waals surface area (Å²) in [5.41, 5.74) is 1.14. The second-order valence-electron chi connectivity index (χ2n) is 5.78. The number of benzene rings is 1. The third-order valence-electron chi connectivity index (χ3n) is 3.95. The molecule has 1 heterocycles. The molecule has 6 nitrogen and oxygen atoms in total. The number of rotatable bonds is 8. The Morgan fingerprint density at radius 1 is 1.29 bits per heavy atom. The largest absolute Gasteiger partial charge is 0.497 e. The predicted octanol–water partition coefficient (Wildman–Crippen LogP) is 1.47. The molecule has 0 spiro atoms. The Morgan fingerprint density at radius 2 is 2.12 bits per heavy atom. The van der Waals surface area contributed by atoms with E-state index < -0.39 is 0 Å². The van der Waals surface area contributed by atoms with Crippen LogP contribution in [0.15, 0.2) is 29.3 Å². The summed E-state index contributed by atoms with van der Waals surface area (Å²) in [6.45, 7) is 9.40. The van der Waals surface area contributed by atoms with Crippen LogP contribution in [0.4, 0.5) is 0 Å². The van der Waals surface area contributed by atoms with Crippen molar-refractivity contribution in [1.29, 1.82) is 0 Å². The lowest BCUT2D eigenvalue weighted by Gasteiger charge is -2.26. The molecule has 6 heteroatoms. The van der Waals surface area contributed by atoms with Gasteiger partial charge in [-0.1, -0.05) is 12.1 Å². The van der Waals surface area contributed by atoms with Gasteiger partial charge in [0.1, 0.15) is 5.75 Å². The number of morpholine rings is 1. The molecule has 1 saturated heterocycles. The van der Waals surface area contributed by atoms with E-state index >= 15 is 0 Å². The lowest BCUT2D eigenvalue weighted by Crippen LogP contribution is -2.40. The molecule has 1 aromatic rings. The van der Waals surface area contributed by atoms with Crippen molar-refractivity contribution < 1.29 is 9.47 Å². The molecule has 0 aromatic heterocycles. The first-order chi connectivity index (χ1) is 11.8. The van der Waals surface area contributed by atoms with Gasteiger partial charge in [0, 0.05) is 26.2 Å². The standard InChI is InChI=1S/C18H30N4O2/c1-3-19-18(20-8-5-9-22-10-12-24-13-11-22)21-15-16-6-4-7-17(14-16)23-2/h4,6-7,14H,3,5,8-13,15H2,1-2H3,(H2,19,20,21). The molecular weight excluding hydrogens is 304 g/mol. The average molecular weight is 334 g/mol. The van der Waals surface area contributed by atoms with Crippen molar-refractivity contribution in [3.8, 4) is 5.75 Å². The molecule has 24 heavy (non-hydrogen) atoms. The third-order valence-corrected chi connectivity index (χ3v) is 3.95. The molecule has 1 aromatic carbocycles. The van der Waals surface area contributed by atoms with Crippen LogP contribution >= 0.6 is 0 Å². The van der Waals surface area contributed by atoms with Gasteiger partial charge >= 0.3 is 0 Å². The maximum Gasteiger partial charge on any atom is 0.191 e. The minimum atomic E-state index is 0.635. The summed E-state index contributed by atoms with van der Waals surface area (Å²) < 4.78 is 10.6. The SMILES string of the molecule is CCNC(=NCc1cccc(OC)c1)NCCCN1CCOCC1. The van der Waals surface area contributed by atoms with Crippen molar-refractivity contribution >= 4 is 5.96 Å². The summed E-state index contributed by atoms with van der Waals surface area (Å²) in [7, 11) is 1.68. The van der Waals surface area contributed by atoms with Gasteiger partial charge in [-0.2, -0.15) is 0 Å². The molecule has 0 saturated carbocycles. The minimum absolute atomic E-state index is 0.635. The highest BCUT2D eigenvalue weighted by Crippen LogP contribution is 2.13. The van der Waals surface area contributed by atoms with E-state index in [9.17, 15) is 0 Å². The quantitative estimate of drug-likeness (QED) is 0.428. The van der Waals surface area contributed by atoms with Crippen LogP contribution in [-0.2, 0) is 11.3 Å². The summed E-state index contributed by atoms with van der Waals surface area (Å²) in [6.07, 6.45) is 1.10. The Kier molecular flexibility index (Phi) is 8.41. The van der Waals surface area contributed by atoms with Crippen LogP contribution < -0.4 is 15.4 Å². The highest BCUT2D eigenvalue weighted by Gasteiger charge is 2.09. The Bertz CT molecular complexity index is 502. The molecule has 0 atom stereocenters. The molecule has 0 amide bonds. The van der Waals surface area contributed by atoms with E-state index in [2.05, 4.69) is 33.5 Å². The van der Waals surface area contributed by atoms with E-state index in [0.717, 1.165) is 69.6 Å². The zero-order chi connectivity index (χ0) is 17.0. The predicted molar refractivity (Wildman–Crippen MR) is 97.7 cm³/mol. The van der Waals surface area contributed by atoms with Crippen LogP contribution in [0.5, 0.6) is 5.75 Å². The molecule has 0 unspecified atom stereocenters. The summed E-state index contributed by atoms with van der Waals surface area (Å²) in [4.78, 5) is 7.10. The second-order valence-corrected chi connectivity index (χ2v) is 5.78. The topological polar surface area (TPSA) is 58.1 Å². The molecule has 134 valence electrons. The fourth-order valence-electron chi connectivity index (χ4n) is 2.62. The Balaban J connectivity index is 1.75. The third kappa shape index (κ3) is 6.76. The fourth-order valence-corrected chi connectivity index (χ4v) is 2.62. The van der Waals surface area contributed by atoms with Gasteiger partial charge in [-0.15, -0.1) is 0 Å². The fraction of sp³-hybridized carbons (Fsp3) is 0.611. The highest BCUT2D eigenvalue weighted by atomic mass is 16.5. The monoisotopic (exact) mass is 334 g/mol. The lowest BCUT2D eigenvalue weighted by atomic mass is 10.2. The number of ether oxygens (including phenoxy) is 2. The van der Waals surface area contributed by atoms with Crippen LogP contribution in [0.25, 0.3) is 0 Å². The van der Waals surface area contributed by atoms with Crippen LogP contribution in [0.3, 0.4) is 0 Å². The number of methoxy groups -OCH3 is 1. The number of hydrogen-bond donors (Lipinski definition) is 2. The van der Waals surface area contributed by atoms with E-state index in [1.54, 1.807) is 7.11 Å². The first-order valence-corrected chi connectivity index (χ1v) is 8.77. The molecule has 1 aliphatic rings. The minimum Gasteiger partial charge on any atom is -0.497 e. The molecule has 0 radical (unpaired) electrons. The van der Waals surface area contributed by atoms with Gasteiger partial charge < -0.3 is 20.1 Å². The van der Waals surface area contributed by atoms with Gasteiger partial charge in [0.25, 0.3) is 0 Å². The summed E-state index contributed by atoms with van der Waals surface area (Å²) in [5, 5.41) is 6.70. The van der Waals surface area contributed by atoms with Gasteiger partial charge in [0.05, 0.1) is 26.9 Å². The molecule has 2 N–H and O–H groups in total. The molecule has 0 bridgehead atoms. The van der Waals surface area contributed by atoms with Gasteiger partial charge in [-0.25, -0.2) is 4.99 Å². The maximum absolute atomic E-state index is 5.37. The van der Waals surface area contributed by atoms with Gasteiger partial charge in [0.2, 0.25) is 0 Å². The Hall–Kier alpha value is -1.79. The number of aliphatic imine (C=N–C) groups is 1. The van der Waals surface area contributed by atoms with Crippen molar-refractivity contribution in [3.63, 3.8) is 0 Å². The zero-order valence-electron chi connectivity index (χ0n) is 14.9. The van der Waals surface area contributed by atoms with Crippen LogP contribution in [0.1, 0.15) is 18.9 Å². The molecule has 0 aliphatic carbocycles. The Morgan fingerprint density at radius 3 is 2.88 bits per heavy atom. The molecule has 1 fully saturated rings. The second kappa shape index (κ2) is 10.9. The first kappa shape index (κ1) is 18.5. The van der Waals surface area contributed by atoms with Gasteiger partial charge in [-0.05, 0) is 37.6 Å². The molecule has 2 rings (SSSR count). The molecular formula is C18H30N4O2. The normalized spacial score (nSPS) is 16.0.